The zero-order valence-electron chi connectivity index (χ0n) is 10.4. The first-order chi connectivity index (χ1) is 8.17. The lowest BCUT2D eigenvalue weighted by Crippen LogP contribution is -2.42. The van der Waals surface area contributed by atoms with Gasteiger partial charge in [-0.15, -0.1) is 0 Å². The number of aromatic nitrogens is 2. The zero-order valence-corrected chi connectivity index (χ0v) is 10.4. The van der Waals surface area contributed by atoms with E-state index >= 15 is 0 Å². The van der Waals surface area contributed by atoms with Crippen LogP contribution in [0.1, 0.15) is 50.8 Å². The molecule has 4 heteroatoms. The molecule has 1 saturated carbocycles. The van der Waals surface area contributed by atoms with Gasteiger partial charge in [0.1, 0.15) is 11.4 Å². The van der Waals surface area contributed by atoms with Gasteiger partial charge in [-0.2, -0.15) is 0 Å². The molecule has 0 bridgehead atoms. The van der Waals surface area contributed by atoms with Crippen molar-refractivity contribution in [3.8, 4) is 0 Å². The molecule has 0 amide bonds. The summed E-state index contributed by atoms with van der Waals surface area (Å²) >= 11 is 0. The summed E-state index contributed by atoms with van der Waals surface area (Å²) in [6.07, 6.45) is 10.4. The summed E-state index contributed by atoms with van der Waals surface area (Å²) in [7, 11) is 0. The number of nitrogens with zero attached hydrogens (tertiary/aromatic N) is 2. The van der Waals surface area contributed by atoms with E-state index in [1.165, 1.54) is 6.42 Å². The maximum Gasteiger partial charge on any atom is 0.329 e. The fourth-order valence-electron chi connectivity index (χ4n) is 2.88. The van der Waals surface area contributed by atoms with Crippen LogP contribution in [-0.2, 0) is 10.3 Å². The molecule has 0 spiro atoms. The molecule has 2 rings (SSSR count). The minimum Gasteiger partial charge on any atom is -0.479 e. The summed E-state index contributed by atoms with van der Waals surface area (Å²) in [6, 6.07) is 0. The maximum absolute atomic E-state index is 11.7. The molecule has 1 aliphatic carbocycles. The van der Waals surface area contributed by atoms with Gasteiger partial charge in [-0.05, 0) is 19.8 Å². The van der Waals surface area contributed by atoms with Gasteiger partial charge in [0.25, 0.3) is 0 Å². The van der Waals surface area contributed by atoms with Crippen molar-refractivity contribution in [2.75, 3.05) is 0 Å². The third-order valence-corrected chi connectivity index (χ3v) is 3.87. The smallest absolute Gasteiger partial charge is 0.329 e. The average Bonchev–Trinajstić information content (AvgIpc) is 2.65. The summed E-state index contributed by atoms with van der Waals surface area (Å²) in [6.45, 7) is 1.88. The molecular formula is C13H20N2O2. The Hall–Kier alpha value is -1.32. The zero-order chi connectivity index (χ0) is 12.3. The Morgan fingerprint density at radius 3 is 2.35 bits per heavy atom. The molecule has 1 heterocycles. The van der Waals surface area contributed by atoms with Gasteiger partial charge in [0, 0.05) is 12.4 Å². The number of carboxylic acids is 1. The quantitative estimate of drug-likeness (QED) is 0.859. The summed E-state index contributed by atoms with van der Waals surface area (Å²) < 4.78 is 1.86. The summed E-state index contributed by atoms with van der Waals surface area (Å²) in [5.41, 5.74) is -0.763. The summed E-state index contributed by atoms with van der Waals surface area (Å²) in [4.78, 5) is 15.9. The van der Waals surface area contributed by atoms with E-state index in [9.17, 15) is 9.90 Å². The van der Waals surface area contributed by atoms with Crippen LogP contribution < -0.4 is 0 Å². The van der Waals surface area contributed by atoms with E-state index in [0.717, 1.165) is 44.3 Å². The number of rotatable bonds is 2. The van der Waals surface area contributed by atoms with Crippen LogP contribution in [0.4, 0.5) is 0 Å². The first kappa shape index (κ1) is 12.1. The van der Waals surface area contributed by atoms with Crippen LogP contribution in [-0.4, -0.2) is 20.6 Å². The number of hydrogen-bond donors (Lipinski definition) is 1. The fraction of sp³-hybridized carbons (Fsp3) is 0.692. The second kappa shape index (κ2) is 4.90. The molecule has 0 radical (unpaired) electrons. The van der Waals surface area contributed by atoms with Crippen LogP contribution in [0, 0.1) is 6.92 Å². The first-order valence-electron chi connectivity index (χ1n) is 6.41. The van der Waals surface area contributed by atoms with Crippen molar-refractivity contribution < 1.29 is 9.90 Å². The van der Waals surface area contributed by atoms with Gasteiger partial charge in [0.05, 0.1) is 0 Å². The Morgan fingerprint density at radius 2 is 1.88 bits per heavy atom. The van der Waals surface area contributed by atoms with Crippen molar-refractivity contribution in [1.82, 2.24) is 9.55 Å². The lowest BCUT2D eigenvalue weighted by atomic mass is 9.83. The molecule has 0 aliphatic heterocycles. The van der Waals surface area contributed by atoms with E-state index in [-0.39, 0.29) is 0 Å². The number of carboxylic acid groups (broad SMARTS) is 1. The van der Waals surface area contributed by atoms with E-state index in [4.69, 9.17) is 0 Å². The van der Waals surface area contributed by atoms with Crippen molar-refractivity contribution in [3.05, 3.63) is 18.2 Å². The molecular weight excluding hydrogens is 216 g/mol. The van der Waals surface area contributed by atoms with Crippen molar-refractivity contribution in [2.45, 2.75) is 57.4 Å². The Labute approximate surface area is 102 Å². The second-order valence-corrected chi connectivity index (χ2v) is 4.95. The number of carbonyl (C=O) groups is 1. The second-order valence-electron chi connectivity index (χ2n) is 4.95. The average molecular weight is 236 g/mol. The molecule has 1 aromatic rings. The number of hydrogen-bond acceptors (Lipinski definition) is 2. The van der Waals surface area contributed by atoms with E-state index in [2.05, 4.69) is 4.98 Å². The van der Waals surface area contributed by atoms with Gasteiger partial charge in [-0.3, -0.25) is 0 Å². The highest BCUT2D eigenvalue weighted by Crippen LogP contribution is 2.34. The lowest BCUT2D eigenvalue weighted by molar-refractivity contribution is -0.149. The highest BCUT2D eigenvalue weighted by molar-refractivity contribution is 5.76. The van der Waals surface area contributed by atoms with Gasteiger partial charge in [-0.1, -0.05) is 32.1 Å². The minimum atomic E-state index is -0.763. The van der Waals surface area contributed by atoms with Crippen LogP contribution in [0.15, 0.2) is 12.4 Å². The van der Waals surface area contributed by atoms with Gasteiger partial charge in [0.2, 0.25) is 0 Å². The third-order valence-electron chi connectivity index (χ3n) is 3.87. The van der Waals surface area contributed by atoms with Gasteiger partial charge < -0.3 is 9.67 Å². The molecule has 0 atom stereocenters. The summed E-state index contributed by atoms with van der Waals surface area (Å²) in [5.74, 6) is 0.0912. The van der Waals surface area contributed by atoms with Gasteiger partial charge in [-0.25, -0.2) is 9.78 Å². The molecule has 4 nitrogen and oxygen atoms in total. The van der Waals surface area contributed by atoms with Crippen LogP contribution in [0.3, 0.4) is 0 Å². The molecule has 94 valence electrons. The molecule has 1 aromatic heterocycles. The first-order valence-corrected chi connectivity index (χ1v) is 6.41. The maximum atomic E-state index is 11.7. The number of aryl methyl sites for hydroxylation is 1. The number of aliphatic carboxylic acids is 1. The van der Waals surface area contributed by atoms with Crippen LogP contribution >= 0.6 is 0 Å². The SMILES string of the molecule is Cc1nccn1C1(C(=O)O)CCCCCCC1. The lowest BCUT2D eigenvalue weighted by Gasteiger charge is -2.33. The Bertz CT molecular complexity index is 390. The monoisotopic (exact) mass is 236 g/mol. The normalized spacial score (nSPS) is 20.5. The summed E-state index contributed by atoms with van der Waals surface area (Å²) in [5, 5.41) is 9.65. The van der Waals surface area contributed by atoms with E-state index in [0.29, 0.717) is 0 Å². The molecule has 1 fully saturated rings. The predicted molar refractivity (Wildman–Crippen MR) is 64.9 cm³/mol. The minimum absolute atomic E-state index is 0.708. The molecule has 1 aliphatic rings. The Balaban J connectivity index is 2.36. The largest absolute Gasteiger partial charge is 0.479 e. The van der Waals surface area contributed by atoms with Crippen LogP contribution in [0.5, 0.6) is 0 Å². The van der Waals surface area contributed by atoms with Crippen LogP contribution in [0.2, 0.25) is 0 Å². The fourth-order valence-corrected chi connectivity index (χ4v) is 2.88. The predicted octanol–water partition coefficient (Wildman–Crippen LogP) is 2.72. The van der Waals surface area contributed by atoms with E-state index in [1.807, 2.05) is 17.7 Å². The van der Waals surface area contributed by atoms with Crippen molar-refractivity contribution in [2.24, 2.45) is 0 Å². The van der Waals surface area contributed by atoms with Gasteiger partial charge in [0.15, 0.2) is 0 Å². The number of imidazole rings is 1. The van der Waals surface area contributed by atoms with E-state index in [1.54, 1.807) is 6.20 Å². The van der Waals surface area contributed by atoms with Crippen molar-refractivity contribution in [1.29, 1.82) is 0 Å². The third kappa shape index (κ3) is 2.21. The van der Waals surface area contributed by atoms with Gasteiger partial charge >= 0.3 is 5.97 Å². The van der Waals surface area contributed by atoms with Crippen molar-refractivity contribution >= 4 is 5.97 Å². The molecule has 1 N–H and O–H groups in total. The molecule has 0 aromatic carbocycles. The van der Waals surface area contributed by atoms with E-state index < -0.39 is 11.5 Å². The standard InChI is InChI=1S/C13H20N2O2/c1-11-14-9-10-15(11)13(12(16)17)7-5-3-2-4-6-8-13/h9-10H,2-8H2,1H3,(H,16,17). The van der Waals surface area contributed by atoms with Crippen molar-refractivity contribution in [3.63, 3.8) is 0 Å². The highest BCUT2D eigenvalue weighted by atomic mass is 16.4. The molecule has 0 saturated heterocycles. The molecule has 0 unspecified atom stereocenters. The Kier molecular flexibility index (Phi) is 3.50. The topological polar surface area (TPSA) is 55.1 Å². The van der Waals surface area contributed by atoms with Crippen LogP contribution in [0.25, 0.3) is 0 Å². The highest BCUT2D eigenvalue weighted by Gasteiger charge is 2.40. The molecule has 17 heavy (non-hydrogen) atoms. The Morgan fingerprint density at radius 1 is 1.29 bits per heavy atom.